The van der Waals surface area contributed by atoms with E-state index in [9.17, 15) is 4.39 Å². The predicted octanol–water partition coefficient (Wildman–Crippen LogP) is 3.19. The minimum absolute atomic E-state index is 0.254. The number of aryl methyl sites for hydroxylation is 1. The third-order valence-corrected chi connectivity index (χ3v) is 3.34. The van der Waals surface area contributed by atoms with E-state index in [1.807, 2.05) is 18.0 Å². The summed E-state index contributed by atoms with van der Waals surface area (Å²) in [6.07, 6.45) is 3.00. The van der Waals surface area contributed by atoms with E-state index in [4.69, 9.17) is 9.26 Å². The molecule has 6 heteroatoms. The van der Waals surface area contributed by atoms with Crippen LogP contribution in [0, 0.1) is 5.82 Å². The third-order valence-electron chi connectivity index (χ3n) is 3.34. The number of ether oxygens (including phenoxy) is 1. The number of unbranched alkanes of at least 4 members (excludes halogenated alkanes) is 1. The first-order chi connectivity index (χ1) is 10.6. The van der Waals surface area contributed by atoms with Gasteiger partial charge in [-0.15, -0.1) is 0 Å². The molecule has 0 atom stereocenters. The normalized spacial score (nSPS) is 11.1. The van der Waals surface area contributed by atoms with Gasteiger partial charge < -0.3 is 9.26 Å². The van der Waals surface area contributed by atoms with E-state index in [1.54, 1.807) is 6.07 Å². The molecule has 0 spiro atoms. The molecule has 5 nitrogen and oxygen atoms in total. The van der Waals surface area contributed by atoms with Crippen LogP contribution in [0.2, 0.25) is 0 Å². The summed E-state index contributed by atoms with van der Waals surface area (Å²) in [6, 6.07) is 4.96. The number of hydrogen-bond acceptors (Lipinski definition) is 5. The fraction of sp³-hybridized carbons (Fsp3) is 0.500. The van der Waals surface area contributed by atoms with E-state index >= 15 is 0 Å². The van der Waals surface area contributed by atoms with Gasteiger partial charge >= 0.3 is 0 Å². The van der Waals surface area contributed by atoms with Gasteiger partial charge in [-0.25, -0.2) is 4.39 Å². The molecule has 2 rings (SSSR count). The predicted molar refractivity (Wildman–Crippen MR) is 81.0 cm³/mol. The molecule has 1 aromatic carbocycles. The van der Waals surface area contributed by atoms with Crippen LogP contribution in [0.25, 0.3) is 0 Å². The standard InChI is InChI=1S/C16H22FN3O2/c1-4-5-6-15-18-16(22-19-15)11-20(2)10-12-7-8-14(21-3)13(17)9-12/h7-9H,4-6,10-11H2,1-3H3. The van der Waals surface area contributed by atoms with Crippen molar-refractivity contribution in [3.63, 3.8) is 0 Å². The molecule has 0 aliphatic heterocycles. The van der Waals surface area contributed by atoms with Crippen molar-refractivity contribution in [1.82, 2.24) is 15.0 Å². The summed E-state index contributed by atoms with van der Waals surface area (Å²) in [5.41, 5.74) is 0.867. The van der Waals surface area contributed by atoms with Crippen molar-refractivity contribution in [1.29, 1.82) is 0 Å². The second-order valence-electron chi connectivity index (χ2n) is 5.35. The van der Waals surface area contributed by atoms with Crippen molar-refractivity contribution in [2.45, 2.75) is 39.3 Å². The summed E-state index contributed by atoms with van der Waals surface area (Å²) >= 11 is 0. The lowest BCUT2D eigenvalue weighted by Gasteiger charge is -2.14. The van der Waals surface area contributed by atoms with E-state index in [0.29, 0.717) is 19.0 Å². The summed E-state index contributed by atoms with van der Waals surface area (Å²) in [4.78, 5) is 6.36. The van der Waals surface area contributed by atoms with Crippen LogP contribution in [0.5, 0.6) is 5.75 Å². The second-order valence-corrected chi connectivity index (χ2v) is 5.35. The molecule has 0 unspecified atom stereocenters. The molecular formula is C16H22FN3O2. The van der Waals surface area contributed by atoms with Gasteiger partial charge in [0.05, 0.1) is 13.7 Å². The lowest BCUT2D eigenvalue weighted by atomic mass is 10.2. The highest BCUT2D eigenvalue weighted by Gasteiger charge is 2.10. The van der Waals surface area contributed by atoms with E-state index in [-0.39, 0.29) is 11.6 Å². The molecule has 120 valence electrons. The molecule has 0 aliphatic rings. The van der Waals surface area contributed by atoms with E-state index in [1.165, 1.54) is 13.2 Å². The minimum atomic E-state index is -0.354. The number of halogens is 1. The van der Waals surface area contributed by atoms with Crippen molar-refractivity contribution in [3.8, 4) is 5.75 Å². The van der Waals surface area contributed by atoms with Gasteiger partial charge in [-0.3, -0.25) is 4.90 Å². The Bertz CT molecular complexity index is 601. The van der Waals surface area contributed by atoms with Crippen LogP contribution in [0.15, 0.2) is 22.7 Å². The maximum Gasteiger partial charge on any atom is 0.240 e. The average molecular weight is 307 g/mol. The summed E-state index contributed by atoms with van der Waals surface area (Å²) in [5.74, 6) is 1.24. The zero-order chi connectivity index (χ0) is 15.9. The highest BCUT2D eigenvalue weighted by molar-refractivity contribution is 5.29. The van der Waals surface area contributed by atoms with Gasteiger partial charge in [0.2, 0.25) is 5.89 Å². The Morgan fingerprint density at radius 3 is 2.82 bits per heavy atom. The summed E-state index contributed by atoms with van der Waals surface area (Å²) < 4.78 is 23.8. The largest absolute Gasteiger partial charge is 0.494 e. The van der Waals surface area contributed by atoms with Gasteiger partial charge in [-0.1, -0.05) is 24.6 Å². The van der Waals surface area contributed by atoms with Crippen LogP contribution in [-0.2, 0) is 19.5 Å². The van der Waals surface area contributed by atoms with Gasteiger partial charge in [0.15, 0.2) is 17.4 Å². The number of rotatable bonds is 8. The Hall–Kier alpha value is -1.95. The highest BCUT2D eigenvalue weighted by Crippen LogP contribution is 2.18. The first-order valence-electron chi connectivity index (χ1n) is 7.44. The Kier molecular flexibility index (Phi) is 5.89. The van der Waals surface area contributed by atoms with E-state index in [0.717, 1.165) is 30.7 Å². The first-order valence-corrected chi connectivity index (χ1v) is 7.44. The SMILES string of the molecule is CCCCc1noc(CN(C)Cc2ccc(OC)c(F)c2)n1. The molecule has 0 saturated carbocycles. The third kappa shape index (κ3) is 4.53. The van der Waals surface area contributed by atoms with Crippen molar-refractivity contribution >= 4 is 0 Å². The quantitative estimate of drug-likeness (QED) is 0.749. The fourth-order valence-electron chi connectivity index (χ4n) is 2.20. The zero-order valence-electron chi connectivity index (χ0n) is 13.3. The van der Waals surface area contributed by atoms with Crippen LogP contribution < -0.4 is 4.74 Å². The molecule has 0 amide bonds. The number of hydrogen-bond donors (Lipinski definition) is 0. The Balaban J connectivity index is 1.90. The number of nitrogens with zero attached hydrogens (tertiary/aromatic N) is 3. The molecule has 0 fully saturated rings. The zero-order valence-corrected chi connectivity index (χ0v) is 13.3. The monoisotopic (exact) mass is 307 g/mol. The van der Waals surface area contributed by atoms with Crippen LogP contribution in [0.4, 0.5) is 4.39 Å². The maximum atomic E-state index is 13.7. The molecule has 1 heterocycles. The lowest BCUT2D eigenvalue weighted by molar-refractivity contribution is 0.260. The number of benzene rings is 1. The maximum absolute atomic E-state index is 13.7. The van der Waals surface area contributed by atoms with Gasteiger partial charge in [0.1, 0.15) is 0 Å². The van der Waals surface area contributed by atoms with Crippen LogP contribution in [-0.4, -0.2) is 29.2 Å². The minimum Gasteiger partial charge on any atom is -0.494 e. The molecule has 0 saturated heterocycles. The smallest absolute Gasteiger partial charge is 0.240 e. The van der Waals surface area contributed by atoms with Crippen LogP contribution in [0.1, 0.15) is 37.0 Å². The van der Waals surface area contributed by atoms with Gasteiger partial charge in [0, 0.05) is 13.0 Å². The molecule has 0 radical (unpaired) electrons. The topological polar surface area (TPSA) is 51.4 Å². The Morgan fingerprint density at radius 1 is 1.32 bits per heavy atom. The molecule has 22 heavy (non-hydrogen) atoms. The molecule has 0 bridgehead atoms. The number of methoxy groups -OCH3 is 1. The van der Waals surface area contributed by atoms with E-state index in [2.05, 4.69) is 17.1 Å². The van der Waals surface area contributed by atoms with Crippen molar-refractivity contribution in [2.75, 3.05) is 14.2 Å². The average Bonchev–Trinajstić information content (AvgIpc) is 2.92. The number of aromatic nitrogens is 2. The molecule has 1 aromatic heterocycles. The Morgan fingerprint density at radius 2 is 2.14 bits per heavy atom. The summed E-state index contributed by atoms with van der Waals surface area (Å²) in [5, 5.41) is 3.96. The summed E-state index contributed by atoms with van der Waals surface area (Å²) in [6.45, 7) is 3.25. The van der Waals surface area contributed by atoms with Crippen molar-refractivity contribution < 1.29 is 13.7 Å². The summed E-state index contributed by atoms with van der Waals surface area (Å²) in [7, 11) is 3.38. The fourth-order valence-corrected chi connectivity index (χ4v) is 2.20. The molecule has 2 aromatic rings. The molecular weight excluding hydrogens is 285 g/mol. The highest BCUT2D eigenvalue weighted by atomic mass is 19.1. The lowest BCUT2D eigenvalue weighted by Crippen LogP contribution is -2.17. The van der Waals surface area contributed by atoms with Crippen LogP contribution in [0.3, 0.4) is 0 Å². The van der Waals surface area contributed by atoms with Gasteiger partial charge in [0.25, 0.3) is 0 Å². The Labute approximate surface area is 130 Å². The van der Waals surface area contributed by atoms with Gasteiger partial charge in [-0.05, 0) is 31.2 Å². The molecule has 0 N–H and O–H groups in total. The van der Waals surface area contributed by atoms with E-state index < -0.39 is 0 Å². The van der Waals surface area contributed by atoms with Crippen LogP contribution >= 0.6 is 0 Å². The van der Waals surface area contributed by atoms with Crippen molar-refractivity contribution in [2.24, 2.45) is 0 Å². The van der Waals surface area contributed by atoms with Gasteiger partial charge in [-0.2, -0.15) is 4.98 Å². The van der Waals surface area contributed by atoms with Crippen molar-refractivity contribution in [3.05, 3.63) is 41.3 Å². The molecule has 0 aliphatic carbocycles. The first kappa shape index (κ1) is 16.4. The second kappa shape index (κ2) is 7.89.